The zero-order valence-corrected chi connectivity index (χ0v) is 46.9. The van der Waals surface area contributed by atoms with E-state index >= 15 is 0 Å². The van der Waals surface area contributed by atoms with Crippen molar-refractivity contribution in [2.45, 2.75) is 63.6 Å². The molecule has 3 nitrogen and oxygen atoms in total. The van der Waals surface area contributed by atoms with Crippen LogP contribution in [-0.2, 0) is 20.1 Å². The molecule has 9 aromatic carbocycles. The molecule has 6 heteroatoms. The van der Waals surface area contributed by atoms with Crippen LogP contribution in [0.1, 0.15) is 61.7 Å². The molecular weight excluding hydrogens is 1130 g/mol. The Morgan fingerprint density at radius 3 is 2.03 bits per heavy atom. The number of nitrogens with zero attached hydrogens (tertiary/aromatic N) is 3. The maximum atomic E-state index is 8.49. The number of pyridine rings is 1. The number of imidazole rings is 1. The first-order valence-corrected chi connectivity index (χ1v) is 32.6. The van der Waals surface area contributed by atoms with Crippen molar-refractivity contribution >= 4 is 81.7 Å². The van der Waals surface area contributed by atoms with Crippen molar-refractivity contribution in [3.63, 3.8) is 0 Å². The number of rotatable bonds is 8. The fourth-order valence-corrected chi connectivity index (χ4v) is 14.7. The number of thiophene rings is 1. The monoisotopic (exact) mass is 1190 g/mol. The third-order valence-corrected chi connectivity index (χ3v) is 19.1. The van der Waals surface area contributed by atoms with Crippen LogP contribution in [0, 0.1) is 19.0 Å². The Labute approximate surface area is 450 Å². The molecule has 12 rings (SSSR count). The van der Waals surface area contributed by atoms with Crippen molar-refractivity contribution in [3.8, 4) is 50.6 Å². The minimum Gasteiger partial charge on any atom is 0 e. The number of aryl methyl sites for hydroxylation is 1. The molecule has 0 spiro atoms. The van der Waals surface area contributed by atoms with Gasteiger partial charge in [-0.25, -0.2) is 0 Å². The fourth-order valence-electron chi connectivity index (χ4n) is 10.1. The summed E-state index contributed by atoms with van der Waals surface area (Å²) < 4.78 is 37.0. The summed E-state index contributed by atoms with van der Waals surface area (Å²) >= 11 is -0.279. The molecule has 0 saturated heterocycles. The molecule has 12 aromatic rings. The molecule has 1 radical (unpaired) electrons. The normalized spacial score (nSPS) is 12.9. The second-order valence-corrected chi connectivity index (χ2v) is 31.6. The molecule has 72 heavy (non-hydrogen) atoms. The molecule has 0 unspecified atom stereocenters. The van der Waals surface area contributed by atoms with Gasteiger partial charge in [0, 0.05) is 36.1 Å². The smallest absolute Gasteiger partial charge is 0 e. The minimum absolute atomic E-state index is 0. The Kier molecular flexibility index (Phi) is 12.4. The standard InChI is InChI=1S/C48H33N2S.C18H24GeN.Ir/c1-30(2)41-28-34(31-14-5-3-6-15-31)29-42(32-16-7-4-8-17-32)45(41)50-44-23-12-11-22-43(44)49-48(50)40-21-13-20-37-39-27-26-36-35-19-10-9-18-33(35)24-25-38(36)46(39)51-47(37)40;1-13(2)16-11-18(15-9-7-14(3)8-10-15)20-12-17(16)19(4,5)6;/h3-20,22-30H,1-2H3;7-9,11-13H,1-6H3;/q2*-1;/i;3D3,13D;. The van der Waals surface area contributed by atoms with Crippen LogP contribution in [0.15, 0.2) is 188 Å². The predicted octanol–water partition coefficient (Wildman–Crippen LogP) is 18.1. The molecule has 0 aliphatic carbocycles. The van der Waals surface area contributed by atoms with Gasteiger partial charge < -0.3 is 4.57 Å². The zero-order chi connectivity index (χ0) is 52.4. The van der Waals surface area contributed by atoms with Gasteiger partial charge in [0.25, 0.3) is 0 Å². The van der Waals surface area contributed by atoms with Gasteiger partial charge in [-0.1, -0.05) is 146 Å². The van der Waals surface area contributed by atoms with Crippen LogP contribution in [-0.4, -0.2) is 27.8 Å². The molecule has 0 N–H and O–H groups in total. The molecule has 0 saturated carbocycles. The van der Waals surface area contributed by atoms with E-state index in [1.807, 2.05) is 37.4 Å². The summed E-state index contributed by atoms with van der Waals surface area (Å²) in [6, 6.07) is 70.5. The zero-order valence-electron chi connectivity index (χ0n) is 45.6. The number of hydrogen-bond donors (Lipinski definition) is 0. The van der Waals surface area contributed by atoms with E-state index in [0.717, 1.165) is 39.2 Å². The average molecular weight is 1190 g/mol. The Hall–Kier alpha value is -6.47. The van der Waals surface area contributed by atoms with Crippen LogP contribution in [0.2, 0.25) is 17.3 Å². The molecule has 0 bridgehead atoms. The molecular formula is C66H57GeIrN3S-2. The van der Waals surface area contributed by atoms with Crippen LogP contribution in [0.5, 0.6) is 0 Å². The summed E-state index contributed by atoms with van der Waals surface area (Å²) in [4.78, 5) is 10.0. The number of fused-ring (bicyclic) bond motifs is 8. The Balaban J connectivity index is 0.000000223. The topological polar surface area (TPSA) is 30.7 Å². The SMILES string of the molecule is CC(C)c1cc(-c2ccccc2)cc(-c2ccccc2)c1-n1c(-c2[c-]ccc3c2sc2c3ccc3c4ccccc4ccc32)nc2ccccc21.[2H]C([2H])([2H])c1c[c-]c(-c2cc(C([2H])(C)C)[c]([Ge]([CH3])([CH3])[CH3])cn2)cc1.[Ir]. The maximum absolute atomic E-state index is 8.49. The van der Waals surface area contributed by atoms with E-state index in [1.54, 1.807) is 12.1 Å². The van der Waals surface area contributed by atoms with Crippen LogP contribution >= 0.6 is 11.3 Å². The maximum Gasteiger partial charge on any atom is 0 e. The Morgan fingerprint density at radius 2 is 1.31 bits per heavy atom. The summed E-state index contributed by atoms with van der Waals surface area (Å²) in [6.45, 7) is 6.26. The molecule has 0 atom stereocenters. The molecule has 3 heterocycles. The molecule has 0 aliphatic rings. The number of para-hydroxylation sites is 2. The number of benzene rings is 9. The summed E-state index contributed by atoms with van der Waals surface area (Å²) in [5.41, 5.74) is 13.1. The summed E-state index contributed by atoms with van der Waals surface area (Å²) in [5.74, 6) is 7.35. The van der Waals surface area contributed by atoms with E-state index < -0.39 is 26.0 Å². The number of aromatic nitrogens is 3. The molecule has 0 aliphatic heterocycles. The van der Waals surface area contributed by atoms with Crippen molar-refractivity contribution in [1.29, 1.82) is 0 Å². The molecule has 3 aromatic heterocycles. The van der Waals surface area contributed by atoms with Gasteiger partial charge in [0.1, 0.15) is 0 Å². The number of hydrogen-bond acceptors (Lipinski definition) is 3. The van der Waals surface area contributed by atoms with Crippen molar-refractivity contribution < 1.29 is 25.6 Å². The van der Waals surface area contributed by atoms with E-state index in [0.29, 0.717) is 0 Å². The van der Waals surface area contributed by atoms with Crippen LogP contribution < -0.4 is 4.40 Å². The molecule has 357 valence electrons. The van der Waals surface area contributed by atoms with Gasteiger partial charge in [0.05, 0.1) is 16.9 Å². The largest absolute Gasteiger partial charge is 0 e. The van der Waals surface area contributed by atoms with Gasteiger partial charge in [-0.2, -0.15) is 11.3 Å². The van der Waals surface area contributed by atoms with Crippen LogP contribution in [0.25, 0.3) is 103 Å². The first kappa shape index (κ1) is 44.2. The second kappa shape index (κ2) is 20.2. The average Bonchev–Trinajstić information content (AvgIpc) is 4.04. The molecule has 0 amide bonds. The third-order valence-electron chi connectivity index (χ3n) is 13.6. The van der Waals surface area contributed by atoms with E-state index in [1.165, 1.54) is 85.7 Å². The fraction of sp³-hybridized carbons (Fsp3) is 0.152. The van der Waals surface area contributed by atoms with E-state index in [-0.39, 0.29) is 31.6 Å². The first-order chi connectivity index (χ1) is 35.9. The van der Waals surface area contributed by atoms with Crippen LogP contribution in [0.3, 0.4) is 0 Å². The van der Waals surface area contributed by atoms with Gasteiger partial charge in [0.2, 0.25) is 0 Å². The van der Waals surface area contributed by atoms with Crippen molar-refractivity contribution in [2.24, 2.45) is 0 Å². The van der Waals surface area contributed by atoms with Gasteiger partial charge in [0.15, 0.2) is 0 Å². The van der Waals surface area contributed by atoms with Gasteiger partial charge in [-0.05, 0) is 84.1 Å². The van der Waals surface area contributed by atoms with Gasteiger partial charge in [-0.15, -0.1) is 18.2 Å². The van der Waals surface area contributed by atoms with E-state index in [9.17, 15) is 0 Å². The van der Waals surface area contributed by atoms with E-state index in [2.05, 4.69) is 211 Å². The van der Waals surface area contributed by atoms with E-state index in [4.69, 9.17) is 10.5 Å². The quantitative estimate of drug-likeness (QED) is 0.0862. The minimum atomic E-state index is -2.14. The van der Waals surface area contributed by atoms with Crippen molar-refractivity contribution in [1.82, 2.24) is 14.5 Å². The predicted molar refractivity (Wildman–Crippen MR) is 309 cm³/mol. The first-order valence-electron chi connectivity index (χ1n) is 26.4. The second-order valence-electron chi connectivity index (χ2n) is 20.0. The summed E-state index contributed by atoms with van der Waals surface area (Å²) in [7, 11) is 0. The Bertz CT molecular complexity index is 4100. The van der Waals surface area contributed by atoms with Crippen LogP contribution in [0.4, 0.5) is 0 Å². The Morgan fingerprint density at radius 1 is 0.625 bits per heavy atom. The van der Waals surface area contributed by atoms with Gasteiger partial charge in [-0.3, -0.25) is 4.98 Å². The molecule has 0 fully saturated rings. The third kappa shape index (κ3) is 9.18. The van der Waals surface area contributed by atoms with Crippen molar-refractivity contribution in [2.75, 3.05) is 0 Å². The van der Waals surface area contributed by atoms with Crippen molar-refractivity contribution in [3.05, 3.63) is 217 Å². The summed E-state index contributed by atoms with van der Waals surface area (Å²) in [6.07, 6.45) is 1.91. The summed E-state index contributed by atoms with van der Waals surface area (Å²) in [5, 5.41) is 7.65. The van der Waals surface area contributed by atoms with Gasteiger partial charge >= 0.3 is 131 Å².